The number of thioether (sulfide) groups is 1. The smallest absolute Gasteiger partial charge is 0.196 e. The van der Waals surface area contributed by atoms with E-state index < -0.39 is 0 Å². The van der Waals surface area contributed by atoms with E-state index >= 15 is 0 Å². The first-order valence-electron chi connectivity index (χ1n) is 7.36. The lowest BCUT2D eigenvalue weighted by molar-refractivity contribution is 0.0993. The van der Waals surface area contributed by atoms with Crippen molar-refractivity contribution >= 4 is 23.2 Å². The molecule has 0 N–H and O–H groups in total. The third kappa shape index (κ3) is 3.07. The molecule has 2 heterocycles. The predicted octanol–water partition coefficient (Wildman–Crippen LogP) is 3.11. The predicted molar refractivity (Wildman–Crippen MR) is 92.2 cm³/mol. The Morgan fingerprint density at radius 2 is 1.92 bits per heavy atom. The molecule has 1 atom stereocenters. The van der Waals surface area contributed by atoms with Gasteiger partial charge in [-0.3, -0.25) is 9.20 Å². The van der Waals surface area contributed by atoms with Crippen LogP contribution in [0.3, 0.4) is 0 Å². The molecular weight excluding hydrogens is 326 g/mol. The third-order valence-electron chi connectivity index (χ3n) is 3.60. The first-order chi connectivity index (χ1) is 11.6. The molecule has 124 valence electrons. The van der Waals surface area contributed by atoms with Crippen LogP contribution < -0.4 is 9.47 Å². The van der Waals surface area contributed by atoms with Gasteiger partial charge in [0.2, 0.25) is 0 Å². The van der Waals surface area contributed by atoms with Crippen molar-refractivity contribution in [3.8, 4) is 11.5 Å². The Morgan fingerprint density at radius 1 is 1.12 bits per heavy atom. The van der Waals surface area contributed by atoms with E-state index in [0.29, 0.717) is 22.2 Å². The second kappa shape index (κ2) is 6.92. The maximum absolute atomic E-state index is 12.7. The number of rotatable bonds is 6. The molecule has 3 rings (SSSR count). The number of carbonyl (C=O) groups excluding carboxylic acids is 1. The van der Waals surface area contributed by atoms with Gasteiger partial charge in [0.15, 0.2) is 28.1 Å². The molecule has 0 aliphatic carbocycles. The summed E-state index contributed by atoms with van der Waals surface area (Å²) in [5.41, 5.74) is 1.33. The zero-order valence-corrected chi connectivity index (χ0v) is 14.4. The van der Waals surface area contributed by atoms with Gasteiger partial charge in [-0.2, -0.15) is 0 Å². The molecule has 0 aliphatic rings. The molecule has 7 heteroatoms. The highest BCUT2D eigenvalue weighted by Gasteiger charge is 2.20. The molecule has 0 unspecified atom stereocenters. The Balaban J connectivity index is 1.82. The minimum Gasteiger partial charge on any atom is -0.493 e. The van der Waals surface area contributed by atoms with Crippen LogP contribution in [-0.4, -0.2) is 39.9 Å². The first-order valence-corrected chi connectivity index (χ1v) is 8.24. The molecule has 6 nitrogen and oxygen atoms in total. The number of Topliss-reactive ketones (excluding diaryl/α,β-unsaturated/α-hetero) is 1. The summed E-state index contributed by atoms with van der Waals surface area (Å²) in [7, 11) is 3.11. The van der Waals surface area contributed by atoms with Crippen molar-refractivity contribution < 1.29 is 14.3 Å². The van der Waals surface area contributed by atoms with E-state index in [1.54, 1.807) is 32.4 Å². The zero-order valence-electron chi connectivity index (χ0n) is 13.6. The van der Waals surface area contributed by atoms with Gasteiger partial charge in [-0.25, -0.2) is 0 Å². The number of ketones is 1. The molecule has 0 saturated carbocycles. The van der Waals surface area contributed by atoms with Gasteiger partial charge in [-0.15, -0.1) is 10.2 Å². The largest absolute Gasteiger partial charge is 0.493 e. The summed E-state index contributed by atoms with van der Waals surface area (Å²) in [4.78, 5) is 12.7. The number of pyridine rings is 1. The second-order valence-corrected chi connectivity index (χ2v) is 6.41. The van der Waals surface area contributed by atoms with Gasteiger partial charge in [0.1, 0.15) is 0 Å². The van der Waals surface area contributed by atoms with E-state index in [0.717, 1.165) is 5.65 Å². The SMILES string of the molecule is COc1ccc(C(=O)[C@H](C)Sc2nnc3ccccn23)cc1OC. The normalized spacial score (nSPS) is 12.1. The average molecular weight is 343 g/mol. The molecule has 24 heavy (non-hydrogen) atoms. The highest BCUT2D eigenvalue weighted by Crippen LogP contribution is 2.30. The van der Waals surface area contributed by atoms with Crippen LogP contribution in [0.1, 0.15) is 17.3 Å². The lowest BCUT2D eigenvalue weighted by atomic mass is 10.1. The molecule has 0 saturated heterocycles. The second-order valence-electron chi connectivity index (χ2n) is 5.11. The van der Waals surface area contributed by atoms with E-state index in [9.17, 15) is 4.79 Å². The molecule has 1 aromatic carbocycles. The van der Waals surface area contributed by atoms with E-state index in [1.165, 1.54) is 11.8 Å². The van der Waals surface area contributed by atoms with Gasteiger partial charge in [0.25, 0.3) is 0 Å². The maximum atomic E-state index is 12.7. The molecular formula is C17H17N3O3S. The summed E-state index contributed by atoms with van der Waals surface area (Å²) in [6.45, 7) is 1.85. The van der Waals surface area contributed by atoms with Gasteiger partial charge in [-0.1, -0.05) is 17.8 Å². The summed E-state index contributed by atoms with van der Waals surface area (Å²) in [6, 6.07) is 10.8. The fourth-order valence-corrected chi connectivity index (χ4v) is 3.25. The molecule has 0 spiro atoms. The lowest BCUT2D eigenvalue weighted by Gasteiger charge is -2.12. The lowest BCUT2D eigenvalue weighted by Crippen LogP contribution is -2.14. The third-order valence-corrected chi connectivity index (χ3v) is 4.66. The van der Waals surface area contributed by atoms with Crippen LogP contribution in [0.2, 0.25) is 0 Å². The average Bonchev–Trinajstić information content (AvgIpc) is 3.03. The summed E-state index contributed by atoms with van der Waals surface area (Å²) in [5.74, 6) is 1.12. The molecule has 0 radical (unpaired) electrons. The maximum Gasteiger partial charge on any atom is 0.196 e. The zero-order chi connectivity index (χ0) is 17.1. The number of ether oxygens (including phenoxy) is 2. The molecule has 0 bridgehead atoms. The van der Waals surface area contributed by atoms with E-state index in [-0.39, 0.29) is 11.0 Å². The van der Waals surface area contributed by atoms with Crippen molar-refractivity contribution in [3.05, 3.63) is 48.2 Å². The van der Waals surface area contributed by atoms with Gasteiger partial charge in [-0.05, 0) is 37.3 Å². The Morgan fingerprint density at radius 3 is 2.67 bits per heavy atom. The van der Waals surface area contributed by atoms with Crippen molar-refractivity contribution in [1.82, 2.24) is 14.6 Å². The number of nitrogens with zero attached hydrogens (tertiary/aromatic N) is 3. The van der Waals surface area contributed by atoms with Crippen molar-refractivity contribution in [2.24, 2.45) is 0 Å². The Hall–Kier alpha value is -2.54. The van der Waals surface area contributed by atoms with Gasteiger partial charge >= 0.3 is 0 Å². The van der Waals surface area contributed by atoms with Crippen LogP contribution >= 0.6 is 11.8 Å². The van der Waals surface area contributed by atoms with Gasteiger partial charge in [0, 0.05) is 11.8 Å². The van der Waals surface area contributed by atoms with Crippen LogP contribution in [0.4, 0.5) is 0 Å². The van der Waals surface area contributed by atoms with Gasteiger partial charge in [0.05, 0.1) is 19.5 Å². The summed E-state index contributed by atoms with van der Waals surface area (Å²) in [6.07, 6.45) is 1.88. The molecule has 3 aromatic rings. The molecule has 0 amide bonds. The number of benzene rings is 1. The van der Waals surface area contributed by atoms with E-state index in [4.69, 9.17) is 9.47 Å². The highest BCUT2D eigenvalue weighted by molar-refractivity contribution is 8.00. The number of fused-ring (bicyclic) bond motifs is 1. The van der Waals surface area contributed by atoms with Crippen LogP contribution in [-0.2, 0) is 0 Å². The number of carbonyl (C=O) groups is 1. The van der Waals surface area contributed by atoms with Crippen LogP contribution in [0, 0.1) is 0 Å². The van der Waals surface area contributed by atoms with Crippen molar-refractivity contribution in [1.29, 1.82) is 0 Å². The first kappa shape index (κ1) is 16.3. The Kier molecular flexibility index (Phi) is 4.71. The van der Waals surface area contributed by atoms with Gasteiger partial charge < -0.3 is 9.47 Å². The van der Waals surface area contributed by atoms with E-state index in [2.05, 4.69) is 10.2 Å². The number of hydrogen-bond donors (Lipinski definition) is 0. The minimum atomic E-state index is -0.310. The summed E-state index contributed by atoms with van der Waals surface area (Å²) >= 11 is 1.37. The highest BCUT2D eigenvalue weighted by atomic mass is 32.2. The van der Waals surface area contributed by atoms with Crippen molar-refractivity contribution in [2.45, 2.75) is 17.3 Å². The topological polar surface area (TPSA) is 65.7 Å². The van der Waals surface area contributed by atoms with Crippen molar-refractivity contribution in [3.63, 3.8) is 0 Å². The quantitative estimate of drug-likeness (QED) is 0.506. The number of aromatic nitrogens is 3. The van der Waals surface area contributed by atoms with Crippen LogP contribution in [0.25, 0.3) is 5.65 Å². The summed E-state index contributed by atoms with van der Waals surface area (Å²) < 4.78 is 12.3. The molecule has 0 fully saturated rings. The molecule has 2 aromatic heterocycles. The fraction of sp³-hybridized carbons (Fsp3) is 0.235. The fourth-order valence-electron chi connectivity index (χ4n) is 2.34. The number of hydrogen-bond acceptors (Lipinski definition) is 6. The van der Waals surface area contributed by atoms with Crippen LogP contribution in [0.15, 0.2) is 47.8 Å². The summed E-state index contributed by atoms with van der Waals surface area (Å²) in [5, 5.41) is 8.63. The van der Waals surface area contributed by atoms with Crippen LogP contribution in [0.5, 0.6) is 11.5 Å². The number of methoxy groups -OCH3 is 2. The standard InChI is InChI=1S/C17H17N3O3S/c1-11(24-17-19-18-15-6-4-5-9-20(15)17)16(21)12-7-8-13(22-2)14(10-12)23-3/h4-11H,1-3H3/t11-/m0/s1. The molecule has 0 aliphatic heterocycles. The monoisotopic (exact) mass is 343 g/mol. The Labute approximate surface area is 143 Å². The van der Waals surface area contributed by atoms with Crippen molar-refractivity contribution in [2.75, 3.05) is 14.2 Å². The minimum absolute atomic E-state index is 0.00589. The Bertz CT molecular complexity index is 878. The van der Waals surface area contributed by atoms with E-state index in [1.807, 2.05) is 35.7 Å².